The van der Waals surface area contributed by atoms with E-state index in [-0.39, 0.29) is 6.54 Å². The molecule has 1 N–H and O–H groups in total. The van der Waals surface area contributed by atoms with Gasteiger partial charge in [-0.2, -0.15) is 5.26 Å². The van der Waals surface area contributed by atoms with Gasteiger partial charge in [-0.05, 0) is 18.2 Å². The van der Waals surface area contributed by atoms with E-state index in [0.717, 1.165) is 4.70 Å². The van der Waals surface area contributed by atoms with Gasteiger partial charge in [-0.1, -0.05) is 17.5 Å². The van der Waals surface area contributed by atoms with Gasteiger partial charge in [-0.15, -0.1) is 17.8 Å². The third kappa shape index (κ3) is 2.85. The van der Waals surface area contributed by atoms with Crippen molar-refractivity contribution < 1.29 is 4.79 Å². The summed E-state index contributed by atoms with van der Waals surface area (Å²) in [6.45, 7) is 0.0910. The maximum Gasteiger partial charge on any atom is 0.245 e. The van der Waals surface area contributed by atoms with Crippen LogP contribution in [0, 0.1) is 23.7 Å². The number of fused-ring (bicyclic) bond motifs is 1. The van der Waals surface area contributed by atoms with Crippen LogP contribution in [-0.4, -0.2) is 17.4 Å². The molecule has 1 heterocycles. The molecular weight excluding hydrogens is 282 g/mol. The minimum Gasteiger partial charge on any atom is -0.344 e. The number of aromatic nitrogens is 1. The van der Waals surface area contributed by atoms with Crippen molar-refractivity contribution in [2.75, 3.05) is 6.54 Å². The van der Waals surface area contributed by atoms with Gasteiger partial charge in [0.2, 0.25) is 5.91 Å². The Hall–Kier alpha value is -2.08. The van der Waals surface area contributed by atoms with Crippen LogP contribution in [0.15, 0.2) is 18.2 Å². The number of rotatable bonds is 3. The lowest BCUT2D eigenvalue weighted by atomic mass is 10.1. The Kier molecular flexibility index (Phi) is 4.01. The molecule has 2 rings (SSSR count). The molecule has 1 amide bonds. The lowest BCUT2D eigenvalue weighted by Crippen LogP contribution is -2.28. The van der Waals surface area contributed by atoms with Gasteiger partial charge in [0.15, 0.2) is 5.92 Å². The Bertz CT molecular complexity index is 711. The summed E-state index contributed by atoms with van der Waals surface area (Å²) in [6, 6.07) is 7.19. The van der Waals surface area contributed by atoms with Gasteiger partial charge in [-0.25, -0.2) is 4.98 Å². The van der Waals surface area contributed by atoms with Crippen molar-refractivity contribution in [3.63, 3.8) is 0 Å². The van der Waals surface area contributed by atoms with Crippen LogP contribution in [0.25, 0.3) is 10.2 Å². The van der Waals surface area contributed by atoms with Gasteiger partial charge in [0.05, 0.1) is 22.8 Å². The van der Waals surface area contributed by atoms with Crippen molar-refractivity contribution in [2.24, 2.45) is 0 Å². The van der Waals surface area contributed by atoms with Gasteiger partial charge in [0.1, 0.15) is 5.01 Å². The van der Waals surface area contributed by atoms with Crippen molar-refractivity contribution in [3.05, 3.63) is 28.2 Å². The SMILES string of the molecule is C#CCNC(=O)[C@@H](C#N)c1nc2cc(Cl)ccc2s1. The highest BCUT2D eigenvalue weighted by Gasteiger charge is 2.23. The van der Waals surface area contributed by atoms with E-state index in [4.69, 9.17) is 23.3 Å². The molecule has 0 bridgehead atoms. The molecule has 1 aromatic carbocycles. The average molecular weight is 290 g/mol. The Balaban J connectivity index is 2.34. The molecule has 0 aliphatic carbocycles. The number of amides is 1. The lowest BCUT2D eigenvalue weighted by Gasteiger charge is -2.04. The molecule has 0 fully saturated rings. The van der Waals surface area contributed by atoms with Crippen LogP contribution < -0.4 is 5.32 Å². The normalized spacial score (nSPS) is 11.5. The molecule has 94 valence electrons. The second-order valence-corrected chi connectivity index (χ2v) is 5.15. The van der Waals surface area contributed by atoms with Crippen LogP contribution in [0.4, 0.5) is 0 Å². The summed E-state index contributed by atoms with van der Waals surface area (Å²) in [6.07, 6.45) is 5.06. The minimum atomic E-state index is -0.954. The predicted molar refractivity (Wildman–Crippen MR) is 74.8 cm³/mol. The molecule has 4 nitrogen and oxygen atoms in total. The highest BCUT2D eigenvalue weighted by atomic mass is 35.5. The zero-order chi connectivity index (χ0) is 13.8. The summed E-state index contributed by atoms with van der Waals surface area (Å²) in [5, 5.41) is 12.6. The number of hydrogen-bond donors (Lipinski definition) is 1. The van der Waals surface area contributed by atoms with Crippen LogP contribution >= 0.6 is 22.9 Å². The van der Waals surface area contributed by atoms with E-state index in [1.165, 1.54) is 11.3 Å². The highest BCUT2D eigenvalue weighted by Crippen LogP contribution is 2.29. The van der Waals surface area contributed by atoms with Gasteiger partial charge in [0, 0.05) is 5.02 Å². The van der Waals surface area contributed by atoms with Crippen molar-refractivity contribution in [3.8, 4) is 18.4 Å². The van der Waals surface area contributed by atoms with Crippen LogP contribution in [0.2, 0.25) is 5.02 Å². The highest BCUT2D eigenvalue weighted by molar-refractivity contribution is 7.18. The largest absolute Gasteiger partial charge is 0.344 e. The number of nitriles is 1. The number of hydrogen-bond acceptors (Lipinski definition) is 4. The third-order valence-corrected chi connectivity index (χ3v) is 3.71. The second-order valence-electron chi connectivity index (χ2n) is 3.65. The maximum atomic E-state index is 11.8. The number of carbonyl (C=O) groups is 1. The zero-order valence-corrected chi connectivity index (χ0v) is 11.3. The second kappa shape index (κ2) is 5.71. The fourth-order valence-electron chi connectivity index (χ4n) is 1.51. The molecule has 1 aromatic heterocycles. The summed E-state index contributed by atoms with van der Waals surface area (Å²) in [5.74, 6) is 0.894. The first-order valence-corrected chi connectivity index (χ1v) is 6.52. The molecule has 2 aromatic rings. The van der Waals surface area contributed by atoms with E-state index < -0.39 is 11.8 Å². The van der Waals surface area contributed by atoms with Crippen LogP contribution in [0.1, 0.15) is 10.9 Å². The number of carbonyl (C=O) groups excluding carboxylic acids is 1. The van der Waals surface area contributed by atoms with E-state index in [2.05, 4.69) is 16.2 Å². The van der Waals surface area contributed by atoms with Crippen molar-refractivity contribution in [1.29, 1.82) is 5.26 Å². The van der Waals surface area contributed by atoms with Gasteiger partial charge >= 0.3 is 0 Å². The predicted octanol–water partition coefficient (Wildman–Crippen LogP) is 2.31. The fourth-order valence-corrected chi connectivity index (χ4v) is 2.67. The molecule has 0 aliphatic rings. The van der Waals surface area contributed by atoms with E-state index in [1.807, 2.05) is 12.1 Å². The fraction of sp³-hybridized carbons (Fsp3) is 0.154. The summed E-state index contributed by atoms with van der Waals surface area (Å²) >= 11 is 7.17. The van der Waals surface area contributed by atoms with E-state index in [9.17, 15) is 4.79 Å². The molecule has 0 aliphatic heterocycles. The average Bonchev–Trinajstić information content (AvgIpc) is 2.79. The number of terminal acetylenes is 1. The third-order valence-electron chi connectivity index (χ3n) is 2.37. The monoisotopic (exact) mass is 289 g/mol. The Morgan fingerprint density at radius 1 is 1.63 bits per heavy atom. The first kappa shape index (κ1) is 13.4. The zero-order valence-electron chi connectivity index (χ0n) is 9.68. The summed E-state index contributed by atoms with van der Waals surface area (Å²) in [4.78, 5) is 16.1. The van der Waals surface area contributed by atoms with Crippen LogP contribution in [0.3, 0.4) is 0 Å². The summed E-state index contributed by atoms with van der Waals surface area (Å²) in [7, 11) is 0. The molecule has 0 unspecified atom stereocenters. The first-order valence-electron chi connectivity index (χ1n) is 5.32. The summed E-state index contributed by atoms with van der Waals surface area (Å²) in [5.41, 5.74) is 0.678. The van der Waals surface area contributed by atoms with Crippen LogP contribution in [-0.2, 0) is 4.79 Å². The van der Waals surface area contributed by atoms with Gasteiger partial charge in [0.25, 0.3) is 0 Å². The smallest absolute Gasteiger partial charge is 0.245 e. The molecular formula is C13H8ClN3OS. The van der Waals surface area contributed by atoms with Crippen molar-refractivity contribution >= 4 is 39.1 Å². The van der Waals surface area contributed by atoms with Crippen molar-refractivity contribution in [1.82, 2.24) is 10.3 Å². The number of benzene rings is 1. The topological polar surface area (TPSA) is 65.8 Å². The Morgan fingerprint density at radius 2 is 2.42 bits per heavy atom. The molecule has 1 atom stereocenters. The van der Waals surface area contributed by atoms with Crippen LogP contribution in [0.5, 0.6) is 0 Å². The quantitative estimate of drug-likeness (QED) is 0.882. The number of thiazole rings is 1. The minimum absolute atomic E-state index is 0.0910. The van der Waals surface area contributed by atoms with Crippen molar-refractivity contribution in [2.45, 2.75) is 5.92 Å². The van der Waals surface area contributed by atoms with Gasteiger partial charge < -0.3 is 5.32 Å². The molecule has 0 saturated carbocycles. The molecule has 0 spiro atoms. The number of nitrogens with one attached hydrogen (secondary N) is 1. The summed E-state index contributed by atoms with van der Waals surface area (Å²) < 4.78 is 0.879. The van der Waals surface area contributed by atoms with E-state index in [1.54, 1.807) is 12.1 Å². The molecule has 0 saturated heterocycles. The molecule has 19 heavy (non-hydrogen) atoms. The standard InChI is InChI=1S/C13H8ClN3OS/c1-2-5-16-12(18)9(7-15)13-17-10-6-8(14)3-4-11(10)19-13/h1,3-4,6,9H,5H2,(H,16,18)/t9-/m1/s1. The number of halogens is 1. The Labute approximate surface area is 119 Å². The molecule has 0 radical (unpaired) electrons. The Morgan fingerprint density at radius 3 is 3.11 bits per heavy atom. The number of nitrogens with zero attached hydrogens (tertiary/aromatic N) is 2. The maximum absolute atomic E-state index is 11.8. The van der Waals surface area contributed by atoms with E-state index >= 15 is 0 Å². The van der Waals surface area contributed by atoms with E-state index in [0.29, 0.717) is 15.5 Å². The molecule has 6 heteroatoms. The lowest BCUT2D eigenvalue weighted by molar-refractivity contribution is -0.121. The van der Waals surface area contributed by atoms with Gasteiger partial charge in [-0.3, -0.25) is 4.79 Å². The first-order chi connectivity index (χ1) is 9.15.